The number of anilines is 1. The van der Waals surface area contributed by atoms with Crippen LogP contribution in [0.25, 0.3) is 0 Å². The molecule has 2 rings (SSSR count). The van der Waals surface area contributed by atoms with Crippen LogP contribution in [0.4, 0.5) is 5.69 Å². The largest absolute Gasteiger partial charge is 0.495 e. The molecule has 0 atom stereocenters. The third-order valence-electron chi connectivity index (χ3n) is 3.40. The lowest BCUT2D eigenvalue weighted by atomic mass is 10.2. The minimum absolute atomic E-state index is 0.110. The third-order valence-corrected chi connectivity index (χ3v) is 3.70. The Morgan fingerprint density at radius 1 is 1.17 bits per heavy atom. The van der Waals surface area contributed by atoms with Crippen molar-refractivity contribution in [1.82, 2.24) is 0 Å². The Hall–Kier alpha value is -2.27. The first-order valence-electron chi connectivity index (χ1n) is 7.20. The van der Waals surface area contributed by atoms with Gasteiger partial charge < -0.3 is 14.8 Å². The highest BCUT2D eigenvalue weighted by atomic mass is 35.5. The second-order valence-electron chi connectivity index (χ2n) is 5.10. The van der Waals surface area contributed by atoms with E-state index in [-0.39, 0.29) is 5.91 Å². The van der Waals surface area contributed by atoms with E-state index in [1.165, 1.54) is 19.8 Å². The van der Waals surface area contributed by atoms with Gasteiger partial charge in [0, 0.05) is 24.3 Å². The van der Waals surface area contributed by atoms with E-state index < -0.39 is 0 Å². The van der Waals surface area contributed by atoms with Crippen LogP contribution in [-0.4, -0.2) is 20.1 Å². The summed E-state index contributed by atoms with van der Waals surface area (Å²) in [6.45, 7) is 2.62. The van der Waals surface area contributed by atoms with Crippen molar-refractivity contribution in [1.29, 1.82) is 0 Å². The van der Waals surface area contributed by atoms with E-state index in [9.17, 15) is 4.79 Å². The van der Waals surface area contributed by atoms with E-state index in [2.05, 4.69) is 5.32 Å². The van der Waals surface area contributed by atoms with Crippen LogP contribution in [0.3, 0.4) is 0 Å². The van der Waals surface area contributed by atoms with Crippen molar-refractivity contribution < 1.29 is 18.8 Å². The average molecular weight is 336 g/mol. The molecule has 1 aromatic heterocycles. The van der Waals surface area contributed by atoms with E-state index in [0.29, 0.717) is 35.2 Å². The topological polar surface area (TPSA) is 51.4 Å². The number of hydrogen-bond donors (Lipinski definition) is 1. The number of pyridine rings is 1. The van der Waals surface area contributed by atoms with Crippen LogP contribution in [-0.2, 0) is 11.3 Å². The van der Waals surface area contributed by atoms with Crippen molar-refractivity contribution in [3.63, 3.8) is 0 Å². The molecule has 6 heteroatoms. The maximum absolute atomic E-state index is 12.2. The lowest BCUT2D eigenvalue weighted by Gasteiger charge is -2.12. The molecule has 1 aromatic carbocycles. The molecule has 0 aliphatic rings. The highest BCUT2D eigenvalue weighted by Crippen LogP contribution is 2.35. The second-order valence-corrected chi connectivity index (χ2v) is 5.51. The summed E-state index contributed by atoms with van der Waals surface area (Å²) in [5, 5.41) is 3.26. The number of halogens is 1. The van der Waals surface area contributed by atoms with Crippen molar-refractivity contribution in [3.8, 4) is 11.5 Å². The fraction of sp³-hybridized carbons (Fsp3) is 0.294. The third kappa shape index (κ3) is 4.60. The van der Waals surface area contributed by atoms with Crippen LogP contribution in [0.1, 0.15) is 12.0 Å². The van der Waals surface area contributed by atoms with Gasteiger partial charge in [0.2, 0.25) is 5.91 Å². The number of hydrogen-bond acceptors (Lipinski definition) is 3. The summed E-state index contributed by atoms with van der Waals surface area (Å²) in [4.78, 5) is 12.2. The number of rotatable bonds is 6. The predicted octanol–water partition coefficient (Wildman–Crippen LogP) is 2.98. The molecule has 0 unspecified atom stereocenters. The zero-order valence-electron chi connectivity index (χ0n) is 13.4. The van der Waals surface area contributed by atoms with Crippen molar-refractivity contribution in [2.24, 2.45) is 0 Å². The second kappa shape index (κ2) is 7.83. The fourth-order valence-electron chi connectivity index (χ4n) is 2.08. The van der Waals surface area contributed by atoms with Crippen LogP contribution >= 0.6 is 11.6 Å². The SMILES string of the molecule is COc1cc(NC(=O)CC[n+]2ccc(C)cc2)c(OC)cc1Cl. The number of nitrogens with zero attached hydrogens (tertiary/aromatic N) is 1. The lowest BCUT2D eigenvalue weighted by Crippen LogP contribution is -2.34. The molecular weight excluding hydrogens is 316 g/mol. The molecule has 0 radical (unpaired) electrons. The predicted molar refractivity (Wildman–Crippen MR) is 89.2 cm³/mol. The molecule has 0 aliphatic carbocycles. The van der Waals surface area contributed by atoms with Crippen LogP contribution in [0.5, 0.6) is 11.5 Å². The molecule has 0 saturated heterocycles. The fourth-order valence-corrected chi connectivity index (χ4v) is 2.31. The number of carbonyl (C=O) groups excluding carboxylic acids is 1. The monoisotopic (exact) mass is 335 g/mol. The first kappa shape index (κ1) is 17.1. The number of ether oxygens (including phenoxy) is 2. The smallest absolute Gasteiger partial charge is 0.230 e. The van der Waals surface area contributed by atoms with Gasteiger partial charge >= 0.3 is 0 Å². The van der Waals surface area contributed by atoms with Crippen molar-refractivity contribution in [2.45, 2.75) is 19.9 Å². The molecule has 23 heavy (non-hydrogen) atoms. The van der Waals surface area contributed by atoms with Gasteiger partial charge in [-0.3, -0.25) is 4.79 Å². The zero-order chi connectivity index (χ0) is 16.8. The Labute approximate surface area is 140 Å². The highest BCUT2D eigenvalue weighted by molar-refractivity contribution is 6.32. The summed E-state index contributed by atoms with van der Waals surface area (Å²) in [7, 11) is 3.04. The Morgan fingerprint density at radius 2 is 1.83 bits per heavy atom. The summed E-state index contributed by atoms with van der Waals surface area (Å²) in [6.07, 6.45) is 4.25. The molecule has 1 N–H and O–H groups in total. The van der Waals surface area contributed by atoms with Crippen molar-refractivity contribution >= 4 is 23.2 Å². The molecule has 0 fully saturated rings. The van der Waals surface area contributed by atoms with Gasteiger partial charge in [0.05, 0.1) is 31.4 Å². The Kier molecular flexibility index (Phi) is 5.82. The van der Waals surface area contributed by atoms with Gasteiger partial charge in [0.15, 0.2) is 18.9 Å². The van der Waals surface area contributed by atoms with E-state index in [0.717, 1.165) is 0 Å². The Morgan fingerprint density at radius 3 is 2.43 bits per heavy atom. The van der Waals surface area contributed by atoms with Crippen LogP contribution < -0.4 is 19.4 Å². The molecule has 1 heterocycles. The van der Waals surface area contributed by atoms with Gasteiger partial charge in [-0.1, -0.05) is 11.6 Å². The van der Waals surface area contributed by atoms with Gasteiger partial charge in [0.1, 0.15) is 11.5 Å². The number of benzene rings is 1. The normalized spacial score (nSPS) is 10.3. The molecule has 0 bridgehead atoms. The number of aryl methyl sites for hydroxylation is 2. The molecule has 0 aliphatic heterocycles. The summed E-state index contributed by atoms with van der Waals surface area (Å²) in [5.74, 6) is 0.864. The number of carbonyl (C=O) groups is 1. The summed E-state index contributed by atoms with van der Waals surface area (Å²) in [5.41, 5.74) is 1.72. The van der Waals surface area contributed by atoms with E-state index in [1.807, 2.05) is 36.0 Å². The zero-order valence-corrected chi connectivity index (χ0v) is 14.2. The first-order valence-corrected chi connectivity index (χ1v) is 7.58. The summed E-state index contributed by atoms with van der Waals surface area (Å²) in [6, 6.07) is 7.28. The summed E-state index contributed by atoms with van der Waals surface area (Å²) >= 11 is 6.05. The standard InChI is InChI=1S/C17H19ClN2O3/c1-12-4-7-20(8-5-12)9-6-17(21)19-14-11-15(22-2)13(18)10-16(14)23-3/h4-5,7-8,10-11H,6,9H2,1-3H3/p+1. The Balaban J connectivity index is 2.03. The van der Waals surface area contributed by atoms with E-state index in [4.69, 9.17) is 21.1 Å². The van der Waals surface area contributed by atoms with Crippen molar-refractivity contribution in [2.75, 3.05) is 19.5 Å². The van der Waals surface area contributed by atoms with Gasteiger partial charge in [0.25, 0.3) is 0 Å². The van der Waals surface area contributed by atoms with Gasteiger partial charge in [-0.05, 0) is 12.5 Å². The maximum atomic E-state index is 12.2. The molecular formula is C17H20ClN2O3+. The van der Waals surface area contributed by atoms with Crippen LogP contribution in [0.2, 0.25) is 5.02 Å². The number of nitrogens with one attached hydrogen (secondary N) is 1. The Bertz CT molecular complexity index is 687. The first-order chi connectivity index (χ1) is 11.0. The van der Waals surface area contributed by atoms with E-state index >= 15 is 0 Å². The number of aromatic nitrogens is 1. The molecule has 2 aromatic rings. The molecule has 0 saturated carbocycles. The van der Waals surface area contributed by atoms with Crippen molar-refractivity contribution in [3.05, 3.63) is 47.2 Å². The van der Waals surface area contributed by atoms with Gasteiger partial charge in [-0.2, -0.15) is 0 Å². The number of methoxy groups -OCH3 is 2. The molecule has 0 spiro atoms. The lowest BCUT2D eigenvalue weighted by molar-refractivity contribution is -0.695. The van der Waals surface area contributed by atoms with Gasteiger partial charge in [-0.15, -0.1) is 0 Å². The molecule has 122 valence electrons. The van der Waals surface area contributed by atoms with Crippen LogP contribution in [0.15, 0.2) is 36.7 Å². The number of amides is 1. The molecule has 5 nitrogen and oxygen atoms in total. The summed E-state index contributed by atoms with van der Waals surface area (Å²) < 4.78 is 12.4. The van der Waals surface area contributed by atoms with E-state index in [1.54, 1.807) is 12.1 Å². The minimum atomic E-state index is -0.110. The quantitative estimate of drug-likeness (QED) is 0.826. The maximum Gasteiger partial charge on any atom is 0.230 e. The average Bonchev–Trinajstić information content (AvgIpc) is 2.55. The molecule has 1 amide bonds. The highest BCUT2D eigenvalue weighted by Gasteiger charge is 2.13. The van der Waals surface area contributed by atoms with Crippen LogP contribution in [0, 0.1) is 6.92 Å². The van der Waals surface area contributed by atoms with Gasteiger partial charge in [-0.25, -0.2) is 4.57 Å². The minimum Gasteiger partial charge on any atom is -0.495 e.